The normalized spacial score (nSPS) is 10.8. The molecule has 2 aromatic carbocycles. The van der Waals surface area contributed by atoms with Crippen LogP contribution in [0.5, 0.6) is 0 Å². The Morgan fingerprint density at radius 2 is 1.80 bits per heavy atom. The fraction of sp³-hybridized carbons (Fsp3) is 0.0556. The van der Waals surface area contributed by atoms with E-state index in [1.807, 2.05) is 0 Å². The highest BCUT2D eigenvalue weighted by molar-refractivity contribution is 5.96. The molecule has 0 saturated carbocycles. The molecular formula is C18H13FN2O4. The Morgan fingerprint density at radius 3 is 2.40 bits per heavy atom. The zero-order valence-corrected chi connectivity index (χ0v) is 12.9. The van der Waals surface area contributed by atoms with Crippen molar-refractivity contribution >= 4 is 22.8 Å². The third-order valence-corrected chi connectivity index (χ3v) is 3.73. The number of fused-ring (bicyclic) bond motifs is 1. The van der Waals surface area contributed by atoms with Crippen LogP contribution in [-0.4, -0.2) is 17.0 Å². The van der Waals surface area contributed by atoms with Gasteiger partial charge < -0.3 is 15.3 Å². The first-order valence-corrected chi connectivity index (χ1v) is 7.28. The molecule has 3 aromatic rings. The zero-order chi connectivity index (χ0) is 18.1. The second kappa shape index (κ2) is 6.20. The van der Waals surface area contributed by atoms with Crippen molar-refractivity contribution in [3.63, 3.8) is 0 Å². The van der Waals surface area contributed by atoms with Crippen molar-refractivity contribution in [2.24, 2.45) is 5.73 Å². The fourth-order valence-corrected chi connectivity index (χ4v) is 2.55. The summed E-state index contributed by atoms with van der Waals surface area (Å²) in [6.07, 6.45) is -0.0977. The number of hydrogen-bond donors (Lipinski definition) is 3. The van der Waals surface area contributed by atoms with Crippen LogP contribution in [0.1, 0.15) is 15.9 Å². The van der Waals surface area contributed by atoms with Gasteiger partial charge in [0.05, 0.1) is 6.42 Å². The Labute approximate surface area is 140 Å². The molecule has 4 N–H and O–H groups in total. The highest BCUT2D eigenvalue weighted by Gasteiger charge is 2.13. The lowest BCUT2D eigenvalue weighted by atomic mass is 10.0. The molecule has 7 heteroatoms. The van der Waals surface area contributed by atoms with Gasteiger partial charge in [-0.15, -0.1) is 0 Å². The summed E-state index contributed by atoms with van der Waals surface area (Å²) in [5.74, 6) is -2.44. The van der Waals surface area contributed by atoms with Gasteiger partial charge in [0, 0.05) is 5.39 Å². The van der Waals surface area contributed by atoms with E-state index in [0.717, 1.165) is 0 Å². The molecule has 1 aromatic heterocycles. The quantitative estimate of drug-likeness (QED) is 0.676. The van der Waals surface area contributed by atoms with Gasteiger partial charge in [-0.25, -0.2) is 4.39 Å². The van der Waals surface area contributed by atoms with Crippen LogP contribution >= 0.6 is 0 Å². The molecule has 0 saturated heterocycles. The molecule has 0 bridgehead atoms. The van der Waals surface area contributed by atoms with Gasteiger partial charge in [-0.2, -0.15) is 0 Å². The van der Waals surface area contributed by atoms with Crippen LogP contribution in [0.25, 0.3) is 22.1 Å². The number of carbonyl (C=O) groups is 2. The molecule has 126 valence electrons. The molecule has 0 aliphatic heterocycles. The third-order valence-electron chi connectivity index (χ3n) is 3.73. The first-order chi connectivity index (χ1) is 11.8. The largest absolute Gasteiger partial charge is 0.481 e. The van der Waals surface area contributed by atoms with Crippen molar-refractivity contribution in [1.82, 2.24) is 0 Å². The lowest BCUT2D eigenvalue weighted by Gasteiger charge is -2.07. The molecule has 1 amide bonds. The number of nitrogens with two attached hydrogens (primary N) is 1. The standard InChI is InChI=1S/C18H13FN2O4/c19-14-8-11(10-3-1-9(2-4-10)5-15(22)23)6-12-7-13(17(20)24)18(21)25-16(12)14/h1-4,6-8,21H,5H2,(H2,20,24)(H,22,23). The molecule has 6 nitrogen and oxygen atoms in total. The monoisotopic (exact) mass is 340 g/mol. The van der Waals surface area contributed by atoms with Gasteiger partial charge in [0.15, 0.2) is 11.4 Å². The number of aliphatic carboxylic acids is 1. The number of rotatable bonds is 4. The zero-order valence-electron chi connectivity index (χ0n) is 12.9. The van der Waals surface area contributed by atoms with Crippen LogP contribution in [0, 0.1) is 11.2 Å². The molecule has 0 spiro atoms. The van der Waals surface area contributed by atoms with Gasteiger partial charge in [-0.05, 0) is 34.9 Å². The summed E-state index contributed by atoms with van der Waals surface area (Å²) in [5, 5.41) is 16.7. The number of nitrogens with one attached hydrogen (secondary N) is 1. The number of carboxylic acid groups (broad SMARTS) is 1. The van der Waals surface area contributed by atoms with E-state index in [1.54, 1.807) is 30.3 Å². The van der Waals surface area contributed by atoms with E-state index in [4.69, 9.17) is 20.7 Å². The van der Waals surface area contributed by atoms with Crippen molar-refractivity contribution in [2.45, 2.75) is 6.42 Å². The summed E-state index contributed by atoms with van der Waals surface area (Å²) in [6.45, 7) is 0. The third kappa shape index (κ3) is 3.25. The predicted octanol–water partition coefficient (Wildman–Crippen LogP) is 2.44. The molecule has 0 aliphatic rings. The number of hydrogen-bond acceptors (Lipinski definition) is 4. The van der Waals surface area contributed by atoms with E-state index in [9.17, 15) is 14.0 Å². The maximum Gasteiger partial charge on any atom is 0.307 e. The Morgan fingerprint density at radius 1 is 1.12 bits per heavy atom. The number of halogens is 1. The first-order valence-electron chi connectivity index (χ1n) is 7.28. The summed E-state index contributed by atoms with van der Waals surface area (Å²) < 4.78 is 19.4. The maximum atomic E-state index is 14.3. The van der Waals surface area contributed by atoms with E-state index in [-0.39, 0.29) is 17.6 Å². The highest BCUT2D eigenvalue weighted by Crippen LogP contribution is 2.27. The van der Waals surface area contributed by atoms with Crippen molar-refractivity contribution in [3.05, 3.63) is 65.0 Å². The van der Waals surface area contributed by atoms with E-state index in [0.29, 0.717) is 22.1 Å². The first kappa shape index (κ1) is 16.4. The summed E-state index contributed by atoms with van der Waals surface area (Å²) >= 11 is 0. The van der Waals surface area contributed by atoms with Gasteiger partial charge in [-0.1, -0.05) is 24.3 Å². The second-order valence-corrected chi connectivity index (χ2v) is 5.50. The molecule has 0 atom stereocenters. The van der Waals surface area contributed by atoms with Crippen LogP contribution in [0.2, 0.25) is 0 Å². The van der Waals surface area contributed by atoms with Gasteiger partial charge in [0.25, 0.3) is 5.91 Å². The van der Waals surface area contributed by atoms with Crippen LogP contribution in [0.4, 0.5) is 4.39 Å². The molecule has 0 radical (unpaired) electrons. The van der Waals surface area contributed by atoms with E-state index in [1.165, 1.54) is 12.1 Å². The minimum Gasteiger partial charge on any atom is -0.481 e. The number of carboxylic acids is 1. The van der Waals surface area contributed by atoms with Gasteiger partial charge >= 0.3 is 5.97 Å². The molecule has 3 rings (SSSR count). The van der Waals surface area contributed by atoms with E-state index < -0.39 is 23.2 Å². The molecule has 0 unspecified atom stereocenters. The number of primary amides is 1. The van der Waals surface area contributed by atoms with Crippen LogP contribution in [-0.2, 0) is 11.2 Å². The summed E-state index contributed by atoms with van der Waals surface area (Å²) in [4.78, 5) is 22.0. The Hall–Kier alpha value is -3.48. The van der Waals surface area contributed by atoms with Crippen molar-refractivity contribution in [1.29, 1.82) is 5.41 Å². The average molecular weight is 340 g/mol. The smallest absolute Gasteiger partial charge is 0.307 e. The minimum atomic E-state index is -0.934. The van der Waals surface area contributed by atoms with Gasteiger partial charge in [-0.3, -0.25) is 15.0 Å². The summed E-state index contributed by atoms with van der Waals surface area (Å²) in [7, 11) is 0. The van der Waals surface area contributed by atoms with Gasteiger partial charge in [0.2, 0.25) is 5.55 Å². The number of carbonyl (C=O) groups excluding carboxylic acids is 1. The minimum absolute atomic E-state index is 0.0977. The highest BCUT2D eigenvalue weighted by atomic mass is 19.1. The van der Waals surface area contributed by atoms with Crippen molar-refractivity contribution < 1.29 is 23.5 Å². The SMILES string of the molecule is N=c1oc2c(F)cc(-c3ccc(CC(=O)O)cc3)cc2cc1C(N)=O. The van der Waals surface area contributed by atoms with Crippen LogP contribution in [0.3, 0.4) is 0 Å². The molecule has 0 fully saturated rings. The lowest BCUT2D eigenvalue weighted by Crippen LogP contribution is -2.20. The van der Waals surface area contributed by atoms with Crippen molar-refractivity contribution in [3.8, 4) is 11.1 Å². The Kier molecular flexibility index (Phi) is 4.06. The maximum absolute atomic E-state index is 14.3. The average Bonchev–Trinajstić information content (AvgIpc) is 2.55. The van der Waals surface area contributed by atoms with Crippen molar-refractivity contribution in [2.75, 3.05) is 0 Å². The summed E-state index contributed by atoms with van der Waals surface area (Å²) in [6, 6.07) is 10.8. The number of benzene rings is 2. The second-order valence-electron chi connectivity index (χ2n) is 5.50. The topological polar surface area (TPSA) is 117 Å². The Balaban J connectivity index is 2.11. The molecule has 25 heavy (non-hydrogen) atoms. The van der Waals surface area contributed by atoms with E-state index >= 15 is 0 Å². The number of amides is 1. The molecular weight excluding hydrogens is 327 g/mol. The van der Waals surface area contributed by atoms with Crippen LogP contribution in [0.15, 0.2) is 46.9 Å². The van der Waals surface area contributed by atoms with Crippen LogP contribution < -0.4 is 11.3 Å². The predicted molar refractivity (Wildman–Crippen MR) is 87.3 cm³/mol. The van der Waals surface area contributed by atoms with Gasteiger partial charge in [0.1, 0.15) is 5.56 Å². The Bertz CT molecular complexity index is 1060. The molecule has 0 aliphatic carbocycles. The molecule has 1 heterocycles. The summed E-state index contributed by atoms with van der Waals surface area (Å²) in [5.41, 5.74) is 6.24. The van der Waals surface area contributed by atoms with E-state index in [2.05, 4.69) is 0 Å². The fourth-order valence-electron chi connectivity index (χ4n) is 2.55. The lowest BCUT2D eigenvalue weighted by molar-refractivity contribution is -0.136.